The Kier molecular flexibility index (Phi) is 3.71. The highest BCUT2D eigenvalue weighted by atomic mass is 19.1. The number of halogens is 1. The number of benzene rings is 1. The van der Waals surface area contributed by atoms with E-state index in [4.69, 9.17) is 0 Å². The van der Waals surface area contributed by atoms with Gasteiger partial charge < -0.3 is 4.57 Å². The van der Waals surface area contributed by atoms with Crippen LogP contribution in [0.4, 0.5) is 4.39 Å². The Bertz CT molecular complexity index is 885. The second-order valence-corrected chi connectivity index (χ2v) is 4.96. The second kappa shape index (κ2) is 5.82. The van der Waals surface area contributed by atoms with Crippen molar-refractivity contribution < 1.29 is 4.39 Å². The molecule has 1 aromatic carbocycles. The van der Waals surface area contributed by atoms with Crippen molar-refractivity contribution in [2.75, 3.05) is 0 Å². The lowest BCUT2D eigenvalue weighted by molar-refractivity contribution is 0.626. The van der Waals surface area contributed by atoms with Crippen molar-refractivity contribution in [1.82, 2.24) is 14.5 Å². The third kappa shape index (κ3) is 3.04. The Labute approximate surface area is 128 Å². The van der Waals surface area contributed by atoms with Crippen molar-refractivity contribution in [3.05, 3.63) is 77.4 Å². The molecule has 0 aliphatic rings. The molecule has 0 N–H and O–H groups in total. The number of hydrogen-bond donors (Lipinski definition) is 0. The number of imidazole rings is 1. The van der Waals surface area contributed by atoms with Gasteiger partial charge in [-0.2, -0.15) is 0 Å². The van der Waals surface area contributed by atoms with Crippen LogP contribution in [0.3, 0.4) is 0 Å². The van der Waals surface area contributed by atoms with E-state index in [2.05, 4.69) is 21.8 Å². The van der Waals surface area contributed by atoms with Gasteiger partial charge in [-0.1, -0.05) is 12.0 Å². The lowest BCUT2D eigenvalue weighted by atomic mass is 10.2. The van der Waals surface area contributed by atoms with Crippen LogP contribution in [-0.2, 0) is 0 Å². The summed E-state index contributed by atoms with van der Waals surface area (Å²) in [5.41, 5.74) is 3.20. The minimum Gasteiger partial charge on any atom is -0.303 e. The first kappa shape index (κ1) is 14.0. The predicted octanol–water partition coefficient (Wildman–Crippen LogP) is 3.42. The Morgan fingerprint density at radius 1 is 1.09 bits per heavy atom. The molecule has 3 nitrogen and oxygen atoms in total. The third-order valence-corrected chi connectivity index (χ3v) is 3.20. The zero-order valence-corrected chi connectivity index (χ0v) is 12.3. The van der Waals surface area contributed by atoms with Gasteiger partial charge in [0.05, 0.1) is 0 Å². The minimum absolute atomic E-state index is 0.273. The van der Waals surface area contributed by atoms with Gasteiger partial charge in [-0.25, -0.2) is 9.37 Å². The zero-order valence-electron chi connectivity index (χ0n) is 12.3. The Morgan fingerprint density at radius 3 is 2.73 bits per heavy atom. The summed E-state index contributed by atoms with van der Waals surface area (Å²) in [6.07, 6.45) is 3.54. The number of nitrogens with zero attached hydrogens (tertiary/aromatic N) is 3. The van der Waals surface area contributed by atoms with Crippen LogP contribution in [0.5, 0.6) is 0 Å². The van der Waals surface area contributed by atoms with Crippen LogP contribution in [0.15, 0.2) is 48.8 Å². The first-order chi connectivity index (χ1) is 10.6. The summed E-state index contributed by atoms with van der Waals surface area (Å²) < 4.78 is 15.2. The topological polar surface area (TPSA) is 30.7 Å². The molecular weight excluding hydrogens is 277 g/mol. The Balaban J connectivity index is 1.93. The zero-order chi connectivity index (χ0) is 15.5. The monoisotopic (exact) mass is 291 g/mol. The van der Waals surface area contributed by atoms with E-state index in [-0.39, 0.29) is 5.82 Å². The fraction of sp³-hybridized carbons (Fsp3) is 0.111. The highest BCUT2D eigenvalue weighted by molar-refractivity contribution is 5.42. The first-order valence-electron chi connectivity index (χ1n) is 6.88. The molecule has 0 radical (unpaired) electrons. The van der Waals surface area contributed by atoms with Crippen molar-refractivity contribution in [1.29, 1.82) is 0 Å². The molecule has 4 heteroatoms. The molecule has 2 aromatic heterocycles. The normalized spacial score (nSPS) is 10.1. The largest absolute Gasteiger partial charge is 0.303 e. The summed E-state index contributed by atoms with van der Waals surface area (Å²) in [5.74, 6) is 6.59. The summed E-state index contributed by atoms with van der Waals surface area (Å²) in [5, 5.41) is 0. The maximum Gasteiger partial charge on any atom is 0.132 e. The standard InChI is InChI=1S/C18H14FN3/c1-13-10-15(8-9-20-13)6-7-17-12-22(14(2)21-17)18-5-3-4-16(19)11-18/h3-5,8-12H,1-2H3. The molecule has 2 heterocycles. The lowest BCUT2D eigenvalue weighted by Gasteiger charge is -2.03. The van der Waals surface area contributed by atoms with Crippen molar-refractivity contribution in [2.24, 2.45) is 0 Å². The number of rotatable bonds is 1. The van der Waals surface area contributed by atoms with Gasteiger partial charge >= 0.3 is 0 Å². The van der Waals surface area contributed by atoms with E-state index >= 15 is 0 Å². The van der Waals surface area contributed by atoms with Crippen LogP contribution in [0.1, 0.15) is 22.8 Å². The van der Waals surface area contributed by atoms with Crippen molar-refractivity contribution in [3.63, 3.8) is 0 Å². The van der Waals surface area contributed by atoms with E-state index in [1.807, 2.05) is 42.8 Å². The fourth-order valence-corrected chi connectivity index (χ4v) is 2.18. The van der Waals surface area contributed by atoms with Gasteiger partial charge in [-0.3, -0.25) is 4.98 Å². The van der Waals surface area contributed by atoms with Crippen LogP contribution in [0.25, 0.3) is 5.69 Å². The molecule has 0 spiro atoms. The minimum atomic E-state index is -0.273. The molecule has 108 valence electrons. The molecule has 0 bridgehead atoms. The number of aryl methyl sites for hydroxylation is 2. The van der Waals surface area contributed by atoms with E-state index < -0.39 is 0 Å². The smallest absolute Gasteiger partial charge is 0.132 e. The van der Waals surface area contributed by atoms with E-state index in [9.17, 15) is 4.39 Å². The number of aromatic nitrogens is 3. The lowest BCUT2D eigenvalue weighted by Crippen LogP contribution is -1.95. The maximum absolute atomic E-state index is 13.3. The van der Waals surface area contributed by atoms with Gasteiger partial charge in [0, 0.05) is 29.3 Å². The third-order valence-electron chi connectivity index (χ3n) is 3.20. The molecule has 22 heavy (non-hydrogen) atoms. The predicted molar refractivity (Wildman–Crippen MR) is 83.2 cm³/mol. The average Bonchev–Trinajstić information content (AvgIpc) is 2.86. The van der Waals surface area contributed by atoms with Crippen LogP contribution in [0.2, 0.25) is 0 Å². The molecule has 0 fully saturated rings. The highest BCUT2D eigenvalue weighted by Crippen LogP contribution is 2.13. The van der Waals surface area contributed by atoms with Crippen LogP contribution >= 0.6 is 0 Å². The summed E-state index contributed by atoms with van der Waals surface area (Å²) in [7, 11) is 0. The molecule has 3 aromatic rings. The van der Waals surface area contributed by atoms with Crippen LogP contribution < -0.4 is 0 Å². The molecule has 3 rings (SSSR count). The SMILES string of the molecule is Cc1cc(C#Cc2cn(-c3cccc(F)c3)c(C)n2)ccn1. The quantitative estimate of drug-likeness (QED) is 0.643. The molecule has 0 aliphatic heterocycles. The van der Waals surface area contributed by atoms with Gasteiger partial charge in [0.2, 0.25) is 0 Å². The molecular formula is C18H14FN3. The van der Waals surface area contributed by atoms with Gasteiger partial charge in [0.15, 0.2) is 0 Å². The molecule has 0 aliphatic carbocycles. The Morgan fingerprint density at radius 2 is 1.95 bits per heavy atom. The van der Waals surface area contributed by atoms with Crippen molar-refractivity contribution in [2.45, 2.75) is 13.8 Å². The molecule has 0 unspecified atom stereocenters. The van der Waals surface area contributed by atoms with Gasteiger partial charge in [-0.05, 0) is 50.1 Å². The molecule has 0 saturated carbocycles. The van der Waals surface area contributed by atoms with E-state index in [1.54, 1.807) is 12.3 Å². The summed E-state index contributed by atoms with van der Waals surface area (Å²) in [4.78, 5) is 8.54. The van der Waals surface area contributed by atoms with E-state index in [0.29, 0.717) is 5.69 Å². The number of hydrogen-bond acceptors (Lipinski definition) is 2. The maximum atomic E-state index is 13.3. The van der Waals surface area contributed by atoms with Crippen molar-refractivity contribution >= 4 is 0 Å². The second-order valence-electron chi connectivity index (χ2n) is 4.96. The molecule has 0 atom stereocenters. The van der Waals surface area contributed by atoms with Gasteiger partial charge in [0.25, 0.3) is 0 Å². The van der Waals surface area contributed by atoms with Crippen LogP contribution in [-0.4, -0.2) is 14.5 Å². The highest BCUT2D eigenvalue weighted by Gasteiger charge is 2.05. The molecule has 0 saturated heterocycles. The summed E-state index contributed by atoms with van der Waals surface area (Å²) in [6, 6.07) is 10.2. The summed E-state index contributed by atoms with van der Waals surface area (Å²) >= 11 is 0. The summed E-state index contributed by atoms with van der Waals surface area (Å²) in [6.45, 7) is 3.79. The fourth-order valence-electron chi connectivity index (χ4n) is 2.18. The molecule has 0 amide bonds. The van der Waals surface area contributed by atoms with Crippen molar-refractivity contribution in [3.8, 4) is 17.5 Å². The van der Waals surface area contributed by atoms with E-state index in [1.165, 1.54) is 12.1 Å². The average molecular weight is 291 g/mol. The Hall–Kier alpha value is -2.93. The number of pyridine rings is 1. The van der Waals surface area contributed by atoms with Gasteiger partial charge in [-0.15, -0.1) is 0 Å². The van der Waals surface area contributed by atoms with Gasteiger partial charge in [0.1, 0.15) is 17.3 Å². The first-order valence-corrected chi connectivity index (χ1v) is 6.88. The van der Waals surface area contributed by atoms with E-state index in [0.717, 1.165) is 22.8 Å². The van der Waals surface area contributed by atoms with Crippen LogP contribution in [0, 0.1) is 31.5 Å².